The van der Waals surface area contributed by atoms with Crippen LogP contribution in [0.25, 0.3) is 0 Å². The number of halogens is 1. The SMILES string of the molecule is Nc1cc(COc2ccc(F)cc2)[nH]n1. The summed E-state index contributed by atoms with van der Waals surface area (Å²) in [6, 6.07) is 7.50. The summed E-state index contributed by atoms with van der Waals surface area (Å²) < 4.78 is 17.9. The van der Waals surface area contributed by atoms with Gasteiger partial charge in [-0.15, -0.1) is 0 Å². The first-order chi connectivity index (χ1) is 7.24. The van der Waals surface area contributed by atoms with Gasteiger partial charge in [0, 0.05) is 6.07 Å². The zero-order chi connectivity index (χ0) is 10.7. The van der Waals surface area contributed by atoms with Crippen LogP contribution in [0, 0.1) is 5.82 Å². The third-order valence-corrected chi connectivity index (χ3v) is 1.86. The molecular weight excluding hydrogens is 197 g/mol. The Morgan fingerprint density at radius 3 is 2.67 bits per heavy atom. The molecule has 4 nitrogen and oxygen atoms in total. The molecule has 0 amide bonds. The number of nitrogens with one attached hydrogen (secondary N) is 1. The molecule has 0 spiro atoms. The van der Waals surface area contributed by atoms with Crippen molar-refractivity contribution in [1.82, 2.24) is 10.2 Å². The van der Waals surface area contributed by atoms with E-state index in [1.54, 1.807) is 18.2 Å². The molecule has 0 radical (unpaired) electrons. The van der Waals surface area contributed by atoms with Gasteiger partial charge in [0.25, 0.3) is 0 Å². The first-order valence-corrected chi connectivity index (χ1v) is 4.42. The average molecular weight is 207 g/mol. The van der Waals surface area contributed by atoms with Crippen LogP contribution in [0.15, 0.2) is 30.3 Å². The minimum Gasteiger partial charge on any atom is -0.487 e. The Hall–Kier alpha value is -2.04. The highest BCUT2D eigenvalue weighted by atomic mass is 19.1. The van der Waals surface area contributed by atoms with Crippen LogP contribution in [0.3, 0.4) is 0 Å². The number of aromatic amines is 1. The molecule has 3 N–H and O–H groups in total. The third kappa shape index (κ3) is 2.46. The summed E-state index contributed by atoms with van der Waals surface area (Å²) in [5.41, 5.74) is 6.19. The maximum atomic E-state index is 12.6. The van der Waals surface area contributed by atoms with Crippen molar-refractivity contribution in [3.63, 3.8) is 0 Å². The zero-order valence-corrected chi connectivity index (χ0v) is 7.90. The van der Waals surface area contributed by atoms with Gasteiger partial charge in [-0.1, -0.05) is 0 Å². The number of nitrogens with zero attached hydrogens (tertiary/aromatic N) is 1. The molecule has 1 aromatic carbocycles. The van der Waals surface area contributed by atoms with Crippen molar-refractivity contribution in [2.75, 3.05) is 5.73 Å². The van der Waals surface area contributed by atoms with Crippen molar-refractivity contribution >= 4 is 5.82 Å². The molecule has 0 aliphatic carbocycles. The number of H-pyrrole nitrogens is 1. The van der Waals surface area contributed by atoms with Gasteiger partial charge >= 0.3 is 0 Å². The number of nitrogen functional groups attached to an aromatic ring is 1. The topological polar surface area (TPSA) is 63.9 Å². The van der Waals surface area contributed by atoms with Crippen molar-refractivity contribution in [2.24, 2.45) is 0 Å². The first kappa shape index (κ1) is 9.51. The maximum absolute atomic E-state index is 12.6. The highest BCUT2D eigenvalue weighted by molar-refractivity contribution is 5.28. The lowest BCUT2D eigenvalue weighted by Crippen LogP contribution is -1.95. The summed E-state index contributed by atoms with van der Waals surface area (Å²) in [5.74, 6) is 0.741. The molecule has 1 aromatic heterocycles. The van der Waals surface area contributed by atoms with Crippen LogP contribution in [0.2, 0.25) is 0 Å². The van der Waals surface area contributed by atoms with Crippen LogP contribution in [-0.2, 0) is 6.61 Å². The van der Waals surface area contributed by atoms with E-state index < -0.39 is 0 Å². The van der Waals surface area contributed by atoms with Gasteiger partial charge in [0.1, 0.15) is 24.0 Å². The molecule has 2 rings (SSSR count). The van der Waals surface area contributed by atoms with Gasteiger partial charge in [-0.25, -0.2) is 4.39 Å². The first-order valence-electron chi connectivity index (χ1n) is 4.42. The smallest absolute Gasteiger partial charge is 0.145 e. The van der Waals surface area contributed by atoms with Crippen molar-refractivity contribution in [1.29, 1.82) is 0 Å². The molecule has 0 unspecified atom stereocenters. The number of hydrogen-bond donors (Lipinski definition) is 2. The molecular formula is C10H10FN3O. The second-order valence-corrected chi connectivity index (χ2v) is 3.06. The van der Waals surface area contributed by atoms with E-state index in [0.29, 0.717) is 18.2 Å². The monoisotopic (exact) mass is 207 g/mol. The lowest BCUT2D eigenvalue weighted by Gasteiger charge is -2.03. The predicted octanol–water partition coefficient (Wildman–Crippen LogP) is 1.71. The van der Waals surface area contributed by atoms with E-state index in [-0.39, 0.29) is 5.82 Å². The summed E-state index contributed by atoms with van der Waals surface area (Å²) in [6.07, 6.45) is 0. The molecule has 2 aromatic rings. The standard InChI is InChI=1S/C10H10FN3O/c11-7-1-3-9(4-2-7)15-6-8-5-10(12)14-13-8/h1-5H,6H2,(H3,12,13,14). The largest absolute Gasteiger partial charge is 0.487 e. The Morgan fingerprint density at radius 1 is 1.33 bits per heavy atom. The Kier molecular flexibility index (Phi) is 2.53. The third-order valence-electron chi connectivity index (χ3n) is 1.86. The van der Waals surface area contributed by atoms with Gasteiger partial charge in [0.15, 0.2) is 0 Å². The van der Waals surface area contributed by atoms with Gasteiger partial charge in [0.05, 0.1) is 5.69 Å². The maximum Gasteiger partial charge on any atom is 0.145 e. The molecule has 15 heavy (non-hydrogen) atoms. The van der Waals surface area contributed by atoms with Crippen molar-refractivity contribution in [3.05, 3.63) is 41.8 Å². The van der Waals surface area contributed by atoms with E-state index in [0.717, 1.165) is 5.69 Å². The quantitative estimate of drug-likeness (QED) is 0.805. The molecule has 5 heteroatoms. The van der Waals surface area contributed by atoms with Gasteiger partial charge in [0.2, 0.25) is 0 Å². The highest BCUT2D eigenvalue weighted by Gasteiger charge is 1.99. The highest BCUT2D eigenvalue weighted by Crippen LogP contribution is 2.13. The molecule has 0 saturated heterocycles. The van der Waals surface area contributed by atoms with Crippen molar-refractivity contribution in [2.45, 2.75) is 6.61 Å². The molecule has 0 aliphatic heterocycles. The average Bonchev–Trinajstić information content (AvgIpc) is 2.64. The van der Waals surface area contributed by atoms with Crippen LogP contribution in [0.4, 0.5) is 10.2 Å². The second kappa shape index (κ2) is 4.00. The summed E-state index contributed by atoms with van der Waals surface area (Å²) in [5, 5.41) is 6.47. The number of nitrogens with two attached hydrogens (primary N) is 1. The van der Waals surface area contributed by atoms with Crippen LogP contribution < -0.4 is 10.5 Å². The molecule has 78 valence electrons. The zero-order valence-electron chi connectivity index (χ0n) is 7.90. The lowest BCUT2D eigenvalue weighted by molar-refractivity contribution is 0.300. The van der Waals surface area contributed by atoms with Crippen molar-refractivity contribution in [3.8, 4) is 5.75 Å². The van der Waals surface area contributed by atoms with Gasteiger partial charge < -0.3 is 10.5 Å². The number of benzene rings is 1. The molecule has 0 saturated carbocycles. The molecule has 0 fully saturated rings. The van der Waals surface area contributed by atoms with E-state index in [4.69, 9.17) is 10.5 Å². The number of anilines is 1. The summed E-state index contributed by atoms with van der Waals surface area (Å²) in [4.78, 5) is 0. The minimum atomic E-state index is -0.284. The van der Waals surface area contributed by atoms with Crippen LogP contribution >= 0.6 is 0 Å². The van der Waals surface area contributed by atoms with E-state index in [9.17, 15) is 4.39 Å². The summed E-state index contributed by atoms with van der Waals surface area (Å²) in [7, 11) is 0. The summed E-state index contributed by atoms with van der Waals surface area (Å²) in [6.45, 7) is 0.329. The Balaban J connectivity index is 1.96. The fourth-order valence-electron chi connectivity index (χ4n) is 1.15. The van der Waals surface area contributed by atoms with E-state index in [2.05, 4.69) is 10.2 Å². The fraction of sp³-hybridized carbons (Fsp3) is 0.100. The minimum absolute atomic E-state index is 0.284. The normalized spacial score (nSPS) is 10.2. The van der Waals surface area contributed by atoms with Crippen LogP contribution in [0.5, 0.6) is 5.75 Å². The number of rotatable bonds is 3. The van der Waals surface area contributed by atoms with Crippen LogP contribution in [0.1, 0.15) is 5.69 Å². The van der Waals surface area contributed by atoms with E-state index in [1.165, 1.54) is 12.1 Å². The second-order valence-electron chi connectivity index (χ2n) is 3.06. The fourth-order valence-corrected chi connectivity index (χ4v) is 1.15. The molecule has 0 atom stereocenters. The Morgan fingerprint density at radius 2 is 2.07 bits per heavy atom. The lowest BCUT2D eigenvalue weighted by atomic mass is 10.3. The van der Waals surface area contributed by atoms with E-state index >= 15 is 0 Å². The number of aromatic nitrogens is 2. The van der Waals surface area contributed by atoms with Crippen molar-refractivity contribution < 1.29 is 9.13 Å². The van der Waals surface area contributed by atoms with Gasteiger partial charge in [-0.05, 0) is 24.3 Å². The van der Waals surface area contributed by atoms with Gasteiger partial charge in [-0.3, -0.25) is 5.10 Å². The molecule has 0 aliphatic rings. The molecule has 0 bridgehead atoms. The van der Waals surface area contributed by atoms with Crippen LogP contribution in [-0.4, -0.2) is 10.2 Å². The predicted molar refractivity (Wildman–Crippen MR) is 53.7 cm³/mol. The number of hydrogen-bond acceptors (Lipinski definition) is 3. The summed E-state index contributed by atoms with van der Waals surface area (Å²) >= 11 is 0. The molecule has 1 heterocycles. The van der Waals surface area contributed by atoms with E-state index in [1.807, 2.05) is 0 Å². The number of ether oxygens (including phenoxy) is 1. The Labute approximate surface area is 85.9 Å². The van der Waals surface area contributed by atoms with Gasteiger partial charge in [-0.2, -0.15) is 5.10 Å². The Bertz CT molecular complexity index is 438.